The first-order chi connectivity index (χ1) is 8.02. The molecule has 0 saturated carbocycles. The highest BCUT2D eigenvalue weighted by molar-refractivity contribution is 5.81. The van der Waals surface area contributed by atoms with Crippen molar-refractivity contribution in [2.45, 2.75) is 26.8 Å². The quantitative estimate of drug-likeness (QED) is 0.817. The SMILES string of the molecule is Cc1ccc(C#N)c(NCC(=O)NC(C)C)n1. The van der Waals surface area contributed by atoms with Gasteiger partial charge in [-0.05, 0) is 32.9 Å². The van der Waals surface area contributed by atoms with E-state index in [1.165, 1.54) is 0 Å². The lowest BCUT2D eigenvalue weighted by atomic mass is 10.2. The Kier molecular flexibility index (Phi) is 4.46. The van der Waals surface area contributed by atoms with Crippen LogP contribution in [0.2, 0.25) is 0 Å². The highest BCUT2D eigenvalue weighted by Gasteiger charge is 2.07. The number of nitrogens with one attached hydrogen (secondary N) is 2. The van der Waals surface area contributed by atoms with Crippen LogP contribution in [0.4, 0.5) is 5.82 Å². The van der Waals surface area contributed by atoms with Crippen LogP contribution in [0, 0.1) is 18.3 Å². The monoisotopic (exact) mass is 232 g/mol. The molecule has 0 aliphatic carbocycles. The highest BCUT2D eigenvalue weighted by Crippen LogP contribution is 2.11. The van der Waals surface area contributed by atoms with Gasteiger partial charge < -0.3 is 10.6 Å². The third kappa shape index (κ3) is 4.11. The molecule has 2 N–H and O–H groups in total. The molecule has 5 heteroatoms. The van der Waals surface area contributed by atoms with Crippen molar-refractivity contribution < 1.29 is 4.79 Å². The molecule has 0 radical (unpaired) electrons. The molecular weight excluding hydrogens is 216 g/mol. The summed E-state index contributed by atoms with van der Waals surface area (Å²) in [6, 6.07) is 5.58. The Morgan fingerprint density at radius 3 is 2.82 bits per heavy atom. The predicted molar refractivity (Wildman–Crippen MR) is 65.5 cm³/mol. The molecule has 0 fully saturated rings. The Balaban J connectivity index is 2.66. The number of hydrogen-bond acceptors (Lipinski definition) is 4. The second-order valence-corrected chi connectivity index (χ2v) is 4.04. The Bertz CT molecular complexity index is 448. The number of rotatable bonds is 4. The summed E-state index contributed by atoms with van der Waals surface area (Å²) < 4.78 is 0. The standard InChI is InChI=1S/C12H16N4O/c1-8(2)15-11(17)7-14-12-10(6-13)5-4-9(3)16-12/h4-5,8H,7H2,1-3H3,(H,14,16)(H,15,17). The van der Waals surface area contributed by atoms with E-state index >= 15 is 0 Å². The van der Waals surface area contributed by atoms with E-state index in [2.05, 4.69) is 15.6 Å². The minimum absolute atomic E-state index is 0.102. The van der Waals surface area contributed by atoms with E-state index in [0.29, 0.717) is 11.4 Å². The lowest BCUT2D eigenvalue weighted by Gasteiger charge is -2.10. The molecular formula is C12H16N4O. The highest BCUT2D eigenvalue weighted by atomic mass is 16.1. The molecule has 1 amide bonds. The van der Waals surface area contributed by atoms with E-state index in [1.807, 2.05) is 26.8 Å². The zero-order chi connectivity index (χ0) is 12.8. The molecule has 1 aromatic heterocycles. The van der Waals surface area contributed by atoms with Gasteiger partial charge in [0.15, 0.2) is 0 Å². The first kappa shape index (κ1) is 13.0. The van der Waals surface area contributed by atoms with E-state index in [0.717, 1.165) is 5.69 Å². The summed E-state index contributed by atoms with van der Waals surface area (Å²) in [5.41, 5.74) is 1.24. The fourth-order valence-corrected chi connectivity index (χ4v) is 1.32. The summed E-state index contributed by atoms with van der Waals surface area (Å²) in [6.45, 7) is 5.73. The Morgan fingerprint density at radius 1 is 1.53 bits per heavy atom. The molecule has 1 rings (SSSR count). The summed E-state index contributed by atoms with van der Waals surface area (Å²) in [4.78, 5) is 15.6. The lowest BCUT2D eigenvalue weighted by Crippen LogP contribution is -2.35. The number of amides is 1. The van der Waals surface area contributed by atoms with Gasteiger partial charge in [-0.3, -0.25) is 4.79 Å². The number of aromatic nitrogens is 1. The molecule has 1 aromatic rings. The molecule has 5 nitrogen and oxygen atoms in total. The number of hydrogen-bond donors (Lipinski definition) is 2. The second-order valence-electron chi connectivity index (χ2n) is 4.04. The van der Waals surface area contributed by atoms with Crippen molar-refractivity contribution in [2.24, 2.45) is 0 Å². The zero-order valence-electron chi connectivity index (χ0n) is 10.2. The van der Waals surface area contributed by atoms with Crippen LogP contribution < -0.4 is 10.6 Å². The summed E-state index contributed by atoms with van der Waals surface area (Å²) in [6.07, 6.45) is 0. The molecule has 90 valence electrons. The maximum Gasteiger partial charge on any atom is 0.239 e. The molecule has 1 heterocycles. The average Bonchev–Trinajstić information content (AvgIpc) is 2.25. The number of anilines is 1. The van der Waals surface area contributed by atoms with E-state index in [1.54, 1.807) is 12.1 Å². The van der Waals surface area contributed by atoms with Crippen LogP contribution in [-0.4, -0.2) is 23.5 Å². The van der Waals surface area contributed by atoms with E-state index in [9.17, 15) is 4.79 Å². The van der Waals surface area contributed by atoms with Crippen LogP contribution in [-0.2, 0) is 4.79 Å². The normalized spacial score (nSPS) is 9.82. The first-order valence-corrected chi connectivity index (χ1v) is 5.44. The number of carbonyl (C=O) groups excluding carboxylic acids is 1. The Morgan fingerprint density at radius 2 is 2.24 bits per heavy atom. The molecule has 0 aromatic carbocycles. The van der Waals surface area contributed by atoms with Gasteiger partial charge >= 0.3 is 0 Å². The average molecular weight is 232 g/mol. The largest absolute Gasteiger partial charge is 0.360 e. The van der Waals surface area contributed by atoms with Gasteiger partial charge in [-0.1, -0.05) is 0 Å². The van der Waals surface area contributed by atoms with Gasteiger partial charge in [-0.2, -0.15) is 5.26 Å². The van der Waals surface area contributed by atoms with Crippen LogP contribution in [0.25, 0.3) is 0 Å². The molecule has 0 aliphatic rings. The molecule has 0 bridgehead atoms. The summed E-state index contributed by atoms with van der Waals surface area (Å²) in [5.74, 6) is 0.332. The van der Waals surface area contributed by atoms with Crippen molar-refractivity contribution in [3.8, 4) is 6.07 Å². The van der Waals surface area contributed by atoms with Crippen molar-refractivity contribution in [1.29, 1.82) is 5.26 Å². The van der Waals surface area contributed by atoms with Crippen molar-refractivity contribution in [3.63, 3.8) is 0 Å². The van der Waals surface area contributed by atoms with Gasteiger partial charge in [0.05, 0.1) is 12.1 Å². The van der Waals surface area contributed by atoms with Crippen LogP contribution >= 0.6 is 0 Å². The number of aryl methyl sites for hydroxylation is 1. The fourth-order valence-electron chi connectivity index (χ4n) is 1.32. The van der Waals surface area contributed by atoms with E-state index in [-0.39, 0.29) is 18.5 Å². The number of nitrogens with zero attached hydrogens (tertiary/aromatic N) is 2. The van der Waals surface area contributed by atoms with E-state index in [4.69, 9.17) is 5.26 Å². The Labute approximate surface area is 101 Å². The summed E-state index contributed by atoms with van der Waals surface area (Å²) in [5, 5.41) is 14.5. The van der Waals surface area contributed by atoms with Gasteiger partial charge in [-0.15, -0.1) is 0 Å². The first-order valence-electron chi connectivity index (χ1n) is 5.44. The van der Waals surface area contributed by atoms with Gasteiger partial charge in [0.1, 0.15) is 11.9 Å². The molecule has 17 heavy (non-hydrogen) atoms. The van der Waals surface area contributed by atoms with Crippen molar-refractivity contribution in [3.05, 3.63) is 23.4 Å². The smallest absolute Gasteiger partial charge is 0.239 e. The van der Waals surface area contributed by atoms with Gasteiger partial charge in [0.2, 0.25) is 5.91 Å². The fraction of sp³-hybridized carbons (Fsp3) is 0.417. The van der Waals surface area contributed by atoms with Crippen LogP contribution in [0.5, 0.6) is 0 Å². The minimum Gasteiger partial charge on any atom is -0.360 e. The number of nitriles is 1. The third-order valence-corrected chi connectivity index (χ3v) is 2.02. The van der Waals surface area contributed by atoms with Crippen LogP contribution in [0.15, 0.2) is 12.1 Å². The predicted octanol–water partition coefficient (Wildman–Crippen LogP) is 1.20. The maximum absolute atomic E-state index is 11.4. The van der Waals surface area contributed by atoms with Gasteiger partial charge in [-0.25, -0.2) is 4.98 Å². The van der Waals surface area contributed by atoms with Crippen molar-refractivity contribution in [1.82, 2.24) is 10.3 Å². The number of pyridine rings is 1. The topological polar surface area (TPSA) is 77.8 Å². The van der Waals surface area contributed by atoms with Crippen LogP contribution in [0.1, 0.15) is 25.1 Å². The van der Waals surface area contributed by atoms with Crippen molar-refractivity contribution >= 4 is 11.7 Å². The van der Waals surface area contributed by atoms with Gasteiger partial charge in [0.25, 0.3) is 0 Å². The molecule has 0 unspecified atom stereocenters. The molecule has 0 aliphatic heterocycles. The van der Waals surface area contributed by atoms with Crippen molar-refractivity contribution in [2.75, 3.05) is 11.9 Å². The maximum atomic E-state index is 11.4. The summed E-state index contributed by atoms with van der Waals surface area (Å²) >= 11 is 0. The lowest BCUT2D eigenvalue weighted by molar-refractivity contribution is -0.119. The molecule has 0 spiro atoms. The second kappa shape index (κ2) is 5.85. The molecule has 0 saturated heterocycles. The number of carbonyl (C=O) groups is 1. The van der Waals surface area contributed by atoms with Crippen LogP contribution in [0.3, 0.4) is 0 Å². The zero-order valence-corrected chi connectivity index (χ0v) is 10.2. The Hall–Kier alpha value is -2.09. The minimum atomic E-state index is -0.118. The third-order valence-electron chi connectivity index (χ3n) is 2.02. The summed E-state index contributed by atoms with van der Waals surface area (Å²) in [7, 11) is 0. The van der Waals surface area contributed by atoms with Gasteiger partial charge in [0, 0.05) is 11.7 Å². The van der Waals surface area contributed by atoms with E-state index < -0.39 is 0 Å². The molecule has 0 atom stereocenters.